The summed E-state index contributed by atoms with van der Waals surface area (Å²) in [6.07, 6.45) is 2.97. The highest BCUT2D eigenvalue weighted by molar-refractivity contribution is 6.03. The molecule has 5 heteroatoms. The summed E-state index contributed by atoms with van der Waals surface area (Å²) in [4.78, 5) is 17.6. The van der Waals surface area contributed by atoms with Gasteiger partial charge < -0.3 is 15.8 Å². The van der Waals surface area contributed by atoms with E-state index in [-0.39, 0.29) is 12.1 Å². The Balaban J connectivity index is 2.81. The molecule has 0 saturated heterocycles. The molecule has 3 N–H and O–H groups in total. The van der Waals surface area contributed by atoms with Crippen molar-refractivity contribution in [1.29, 1.82) is 0 Å². The number of carboxylic acid groups (broad SMARTS) is 1. The van der Waals surface area contributed by atoms with E-state index in [9.17, 15) is 4.79 Å². The molecular formula is C9H8N3O2-. The van der Waals surface area contributed by atoms with E-state index >= 15 is 0 Å². The van der Waals surface area contributed by atoms with E-state index in [4.69, 9.17) is 10.8 Å². The van der Waals surface area contributed by atoms with Crippen LogP contribution in [-0.4, -0.2) is 21.0 Å². The lowest BCUT2D eigenvalue weighted by Gasteiger charge is -2.04. The molecule has 72 valence electrons. The van der Waals surface area contributed by atoms with Crippen molar-refractivity contribution in [3.63, 3.8) is 0 Å². The minimum atomic E-state index is -1.00. The monoisotopic (exact) mass is 190 g/mol. The Morgan fingerprint density at radius 3 is 3.07 bits per heavy atom. The predicted octanol–water partition coefficient (Wildman–Crippen LogP) is 1.81. The number of fused-ring (bicyclic) bond motifs is 1. The Labute approximate surface area is 79.6 Å². The van der Waals surface area contributed by atoms with Gasteiger partial charge in [0.25, 0.3) is 0 Å². The first-order valence-corrected chi connectivity index (χ1v) is 4.07. The number of pyridine rings is 1. The molecule has 14 heavy (non-hydrogen) atoms. The van der Waals surface area contributed by atoms with Crippen LogP contribution in [0.1, 0.15) is 15.9 Å². The number of aromatic nitrogens is 2. The fraction of sp³-hybridized carbons (Fsp3) is 0.111. The number of hydrogen-bond acceptors (Lipinski definition) is 2. The lowest BCUT2D eigenvalue weighted by molar-refractivity contribution is 0.0699. The number of nitrogens with one attached hydrogen (secondary N) is 2. The molecule has 2 aromatic heterocycles. The van der Waals surface area contributed by atoms with Gasteiger partial charge in [-0.2, -0.15) is 0 Å². The lowest BCUT2D eigenvalue weighted by atomic mass is 10.1. The quantitative estimate of drug-likeness (QED) is 0.756. The van der Waals surface area contributed by atoms with Crippen molar-refractivity contribution in [2.75, 3.05) is 0 Å². The summed E-state index contributed by atoms with van der Waals surface area (Å²) in [6.45, 7) is 0.0527. The molecule has 0 fully saturated rings. The van der Waals surface area contributed by atoms with Crippen molar-refractivity contribution in [3.05, 3.63) is 35.3 Å². The zero-order valence-electron chi connectivity index (χ0n) is 7.24. The van der Waals surface area contributed by atoms with Crippen molar-refractivity contribution in [2.45, 2.75) is 6.54 Å². The van der Waals surface area contributed by atoms with Crippen molar-refractivity contribution >= 4 is 17.0 Å². The van der Waals surface area contributed by atoms with E-state index in [0.717, 1.165) is 0 Å². The zero-order chi connectivity index (χ0) is 10.1. The summed E-state index contributed by atoms with van der Waals surface area (Å²) >= 11 is 0. The van der Waals surface area contributed by atoms with Crippen molar-refractivity contribution in [2.24, 2.45) is 0 Å². The SMILES string of the molecule is [NH-]Cc1ccnc2[nH]cc(C(=O)O)c12. The Morgan fingerprint density at radius 2 is 2.43 bits per heavy atom. The van der Waals surface area contributed by atoms with Gasteiger partial charge in [0.2, 0.25) is 0 Å². The molecule has 2 heterocycles. The molecule has 0 aliphatic heterocycles. The number of H-pyrrole nitrogens is 1. The molecule has 0 bridgehead atoms. The number of aromatic carboxylic acids is 1. The third-order valence-electron chi connectivity index (χ3n) is 2.08. The zero-order valence-corrected chi connectivity index (χ0v) is 7.24. The van der Waals surface area contributed by atoms with Crippen LogP contribution < -0.4 is 0 Å². The van der Waals surface area contributed by atoms with Crippen molar-refractivity contribution < 1.29 is 9.90 Å². The van der Waals surface area contributed by atoms with Crippen LogP contribution >= 0.6 is 0 Å². The highest BCUT2D eigenvalue weighted by Crippen LogP contribution is 2.21. The number of nitrogens with zero attached hydrogens (tertiary/aromatic N) is 1. The van der Waals surface area contributed by atoms with Crippen LogP contribution in [0.5, 0.6) is 0 Å². The van der Waals surface area contributed by atoms with Crippen LogP contribution in [0.3, 0.4) is 0 Å². The molecule has 0 atom stereocenters. The van der Waals surface area contributed by atoms with Gasteiger partial charge in [0.15, 0.2) is 0 Å². The minimum Gasteiger partial charge on any atom is -0.674 e. The fourth-order valence-electron chi connectivity index (χ4n) is 1.44. The number of rotatable bonds is 2. The first-order valence-electron chi connectivity index (χ1n) is 4.07. The van der Waals surface area contributed by atoms with E-state index in [0.29, 0.717) is 16.6 Å². The smallest absolute Gasteiger partial charge is 0.337 e. The highest BCUT2D eigenvalue weighted by atomic mass is 16.4. The third kappa shape index (κ3) is 1.14. The summed E-state index contributed by atoms with van der Waals surface area (Å²) in [6, 6.07) is 1.66. The molecule has 0 spiro atoms. The van der Waals surface area contributed by atoms with Crippen LogP contribution in [0.4, 0.5) is 0 Å². The number of carbonyl (C=O) groups is 1. The second kappa shape index (κ2) is 3.12. The van der Waals surface area contributed by atoms with Crippen molar-refractivity contribution in [1.82, 2.24) is 9.97 Å². The molecular weight excluding hydrogens is 182 g/mol. The average molecular weight is 190 g/mol. The fourth-order valence-corrected chi connectivity index (χ4v) is 1.44. The van der Waals surface area contributed by atoms with Crippen LogP contribution in [0, 0.1) is 0 Å². The average Bonchev–Trinajstić information content (AvgIpc) is 2.60. The summed E-state index contributed by atoms with van der Waals surface area (Å²) in [5.74, 6) is -1.00. The van der Waals surface area contributed by atoms with E-state index in [1.54, 1.807) is 12.3 Å². The maximum Gasteiger partial charge on any atom is 0.337 e. The second-order valence-electron chi connectivity index (χ2n) is 2.88. The second-order valence-corrected chi connectivity index (χ2v) is 2.88. The molecule has 5 nitrogen and oxygen atoms in total. The Hall–Kier alpha value is -1.88. The van der Waals surface area contributed by atoms with Gasteiger partial charge in [0, 0.05) is 17.8 Å². The molecule has 0 aliphatic rings. The molecule has 0 radical (unpaired) electrons. The molecule has 0 amide bonds. The molecule has 2 rings (SSSR count). The van der Waals surface area contributed by atoms with E-state index in [1.165, 1.54) is 6.20 Å². The number of hydrogen-bond donors (Lipinski definition) is 2. The van der Waals surface area contributed by atoms with Crippen LogP contribution in [0.25, 0.3) is 16.8 Å². The largest absolute Gasteiger partial charge is 0.674 e. The lowest BCUT2D eigenvalue weighted by Crippen LogP contribution is -1.96. The van der Waals surface area contributed by atoms with Gasteiger partial charge in [-0.3, -0.25) is 0 Å². The Kier molecular flexibility index (Phi) is 1.94. The summed E-state index contributed by atoms with van der Waals surface area (Å²) < 4.78 is 0. The molecule has 0 unspecified atom stereocenters. The summed E-state index contributed by atoms with van der Waals surface area (Å²) in [7, 11) is 0. The molecule has 0 saturated carbocycles. The number of carboxylic acids is 1. The van der Waals surface area contributed by atoms with Gasteiger partial charge >= 0.3 is 5.97 Å². The van der Waals surface area contributed by atoms with Gasteiger partial charge in [0.05, 0.1) is 5.56 Å². The van der Waals surface area contributed by atoms with Crippen molar-refractivity contribution in [3.8, 4) is 0 Å². The predicted molar refractivity (Wildman–Crippen MR) is 51.1 cm³/mol. The standard InChI is InChI=1S/C9H8N3O2/c10-3-5-1-2-11-8-7(5)6(4-12-8)9(13)14/h1-2,4,10H,3H2,(H,11,12)(H,13,14)/q-1. The van der Waals surface area contributed by atoms with Gasteiger partial charge in [0.1, 0.15) is 5.65 Å². The highest BCUT2D eigenvalue weighted by Gasteiger charge is 2.12. The summed E-state index contributed by atoms with van der Waals surface area (Å²) in [5.41, 5.74) is 8.64. The first-order chi connectivity index (χ1) is 6.74. The van der Waals surface area contributed by atoms with Crippen LogP contribution in [-0.2, 0) is 6.54 Å². The van der Waals surface area contributed by atoms with Gasteiger partial charge in [-0.1, -0.05) is 5.56 Å². The third-order valence-corrected chi connectivity index (χ3v) is 2.08. The van der Waals surface area contributed by atoms with Gasteiger partial charge in [-0.25, -0.2) is 9.78 Å². The first kappa shape index (κ1) is 8.71. The Morgan fingerprint density at radius 1 is 1.64 bits per heavy atom. The van der Waals surface area contributed by atoms with Crippen LogP contribution in [0.15, 0.2) is 18.5 Å². The normalized spacial score (nSPS) is 10.6. The maximum atomic E-state index is 10.8. The number of aromatic amines is 1. The van der Waals surface area contributed by atoms with E-state index in [2.05, 4.69) is 9.97 Å². The van der Waals surface area contributed by atoms with Gasteiger partial charge in [-0.15, -0.1) is 6.54 Å². The molecule has 2 aromatic rings. The van der Waals surface area contributed by atoms with Gasteiger partial charge in [-0.05, 0) is 6.07 Å². The van der Waals surface area contributed by atoms with Crippen LogP contribution in [0.2, 0.25) is 0 Å². The summed E-state index contributed by atoms with van der Waals surface area (Å²) in [5, 5.41) is 9.42. The molecule has 0 aromatic carbocycles. The Bertz CT molecular complexity index is 490. The maximum absolute atomic E-state index is 10.8. The minimum absolute atomic E-state index is 0.0527. The molecule has 0 aliphatic carbocycles. The van der Waals surface area contributed by atoms with E-state index < -0.39 is 5.97 Å². The topological polar surface area (TPSA) is 89.8 Å². The van der Waals surface area contributed by atoms with E-state index in [1.807, 2.05) is 0 Å².